The van der Waals surface area contributed by atoms with Crippen LogP contribution >= 0.6 is 0 Å². The molecule has 6 rings (SSSR count). The summed E-state index contributed by atoms with van der Waals surface area (Å²) in [6, 6.07) is 0. The van der Waals surface area contributed by atoms with Gasteiger partial charge in [0.1, 0.15) is 17.8 Å². The van der Waals surface area contributed by atoms with Crippen LogP contribution in [0.4, 0.5) is 8.78 Å². The molecule has 14 heteroatoms. The highest BCUT2D eigenvalue weighted by atomic mass is 32.2. The number of ether oxygens (including phenoxy) is 4. The first-order valence-electron chi connectivity index (χ1n) is 15.4. The average molecular weight is 633 g/mol. The van der Waals surface area contributed by atoms with Crippen molar-refractivity contribution < 1.29 is 59.9 Å². The van der Waals surface area contributed by atoms with Crippen molar-refractivity contribution >= 4 is 34.0 Å². The maximum atomic E-state index is 14.0. The minimum absolute atomic E-state index is 0.300. The molecule has 0 spiro atoms. The molecule has 1 aliphatic heterocycles. The van der Waals surface area contributed by atoms with E-state index < -0.39 is 93.8 Å². The lowest BCUT2D eigenvalue weighted by atomic mass is 9.69. The van der Waals surface area contributed by atoms with Crippen LogP contribution in [0.1, 0.15) is 84.0 Å². The van der Waals surface area contributed by atoms with Gasteiger partial charge in [-0.2, -0.15) is 17.2 Å². The Balaban J connectivity index is 1.10. The van der Waals surface area contributed by atoms with Gasteiger partial charge in [-0.05, 0) is 70.1 Å². The van der Waals surface area contributed by atoms with E-state index >= 15 is 0 Å². The van der Waals surface area contributed by atoms with Gasteiger partial charge in [0.05, 0.1) is 24.7 Å². The van der Waals surface area contributed by atoms with E-state index in [0.29, 0.717) is 31.1 Å². The third-order valence-corrected chi connectivity index (χ3v) is 12.2. The predicted molar refractivity (Wildman–Crippen MR) is 140 cm³/mol. The van der Waals surface area contributed by atoms with E-state index in [1.807, 2.05) is 0 Å². The summed E-state index contributed by atoms with van der Waals surface area (Å²) in [6.07, 6.45) is 4.38. The number of halogens is 2. The van der Waals surface area contributed by atoms with E-state index in [0.717, 1.165) is 44.9 Å². The second-order valence-electron chi connectivity index (χ2n) is 13.5. The van der Waals surface area contributed by atoms with Crippen molar-refractivity contribution in [3.05, 3.63) is 0 Å². The first-order valence-corrected chi connectivity index (χ1v) is 16.8. The second kappa shape index (κ2) is 10.9. The Labute approximate surface area is 248 Å². The van der Waals surface area contributed by atoms with Crippen LogP contribution in [0.5, 0.6) is 0 Å². The molecule has 1 saturated heterocycles. The molecule has 0 aromatic rings. The van der Waals surface area contributed by atoms with Crippen molar-refractivity contribution in [2.24, 2.45) is 41.4 Å². The zero-order chi connectivity index (χ0) is 30.9. The molecular formula is C29H38F2O11S. The van der Waals surface area contributed by atoms with Crippen LogP contribution in [0, 0.1) is 41.4 Å². The highest BCUT2D eigenvalue weighted by molar-refractivity contribution is 7.86. The first kappa shape index (κ1) is 30.7. The summed E-state index contributed by atoms with van der Waals surface area (Å²) in [5.41, 5.74) is -0.533. The fourth-order valence-electron chi connectivity index (χ4n) is 9.27. The molecular weight excluding hydrogens is 594 g/mol. The molecule has 6 fully saturated rings. The van der Waals surface area contributed by atoms with E-state index in [9.17, 15) is 36.4 Å². The van der Waals surface area contributed by atoms with Gasteiger partial charge in [-0.1, -0.05) is 12.8 Å². The van der Waals surface area contributed by atoms with Crippen molar-refractivity contribution in [3.8, 4) is 0 Å². The highest BCUT2D eigenvalue weighted by Gasteiger charge is 2.70. The van der Waals surface area contributed by atoms with Crippen LogP contribution in [-0.4, -0.2) is 66.0 Å². The van der Waals surface area contributed by atoms with E-state index in [1.54, 1.807) is 0 Å². The van der Waals surface area contributed by atoms with Gasteiger partial charge in [-0.3, -0.25) is 23.7 Å². The Morgan fingerprint density at radius 2 is 1.74 bits per heavy atom. The fourth-order valence-corrected chi connectivity index (χ4v) is 9.74. The minimum atomic E-state index is -5.82. The Morgan fingerprint density at radius 1 is 1.05 bits per heavy atom. The Hall–Kier alpha value is -2.35. The molecule has 240 valence electrons. The van der Waals surface area contributed by atoms with Crippen LogP contribution < -0.4 is 0 Å². The van der Waals surface area contributed by atoms with Gasteiger partial charge in [0.2, 0.25) is 0 Å². The summed E-state index contributed by atoms with van der Waals surface area (Å²) < 4.78 is 79.8. The number of esters is 4. The Morgan fingerprint density at radius 3 is 2.37 bits per heavy atom. The van der Waals surface area contributed by atoms with Gasteiger partial charge < -0.3 is 18.9 Å². The lowest BCUT2D eigenvalue weighted by Gasteiger charge is -2.46. The van der Waals surface area contributed by atoms with E-state index in [2.05, 4.69) is 4.74 Å². The minimum Gasteiger partial charge on any atom is -0.459 e. The summed E-state index contributed by atoms with van der Waals surface area (Å²) in [4.78, 5) is 51.6. The molecule has 4 bridgehead atoms. The van der Waals surface area contributed by atoms with Gasteiger partial charge in [0.25, 0.3) is 0 Å². The standard InChI is InChI=1S/C29H38F2O11S/c1-14(29(30,31)43(36,37)38)39-20(32)7-8-21(33)40-24-18-13-17-22(26(34)41-25(17)24)23(18)27(35)42-28(9-3-2-4-10-28)19-12-15-5-6-16(19)11-15/h14-19,22-25H,2-13H2,1H3,(H,36,37,38). The maximum absolute atomic E-state index is 14.0. The smallest absolute Gasteiger partial charge is 0.405 e. The molecule has 5 aliphatic carbocycles. The van der Waals surface area contributed by atoms with Gasteiger partial charge in [0, 0.05) is 17.8 Å². The lowest BCUT2D eigenvalue weighted by Crippen LogP contribution is -2.50. The van der Waals surface area contributed by atoms with Crippen LogP contribution in [0.3, 0.4) is 0 Å². The number of hydrogen-bond acceptors (Lipinski definition) is 10. The monoisotopic (exact) mass is 632 g/mol. The number of hydrogen-bond donors (Lipinski definition) is 1. The summed E-state index contributed by atoms with van der Waals surface area (Å²) in [7, 11) is -5.82. The Kier molecular flexibility index (Phi) is 7.79. The zero-order valence-corrected chi connectivity index (χ0v) is 24.8. The molecule has 5 saturated carbocycles. The van der Waals surface area contributed by atoms with Crippen molar-refractivity contribution in [1.29, 1.82) is 0 Å². The summed E-state index contributed by atoms with van der Waals surface area (Å²) in [6.45, 7) is 0.595. The molecule has 10 unspecified atom stereocenters. The molecule has 6 aliphatic rings. The highest BCUT2D eigenvalue weighted by Crippen LogP contribution is 2.61. The van der Waals surface area contributed by atoms with Crippen LogP contribution in [0.2, 0.25) is 0 Å². The predicted octanol–water partition coefficient (Wildman–Crippen LogP) is 3.58. The first-order chi connectivity index (χ1) is 20.2. The lowest BCUT2D eigenvalue weighted by molar-refractivity contribution is -0.187. The van der Waals surface area contributed by atoms with Crippen molar-refractivity contribution in [1.82, 2.24) is 0 Å². The maximum Gasteiger partial charge on any atom is 0.405 e. The van der Waals surface area contributed by atoms with Gasteiger partial charge in [-0.25, -0.2) is 0 Å². The van der Waals surface area contributed by atoms with E-state index in [1.165, 1.54) is 12.8 Å². The fraction of sp³-hybridized carbons (Fsp3) is 0.862. The van der Waals surface area contributed by atoms with Crippen molar-refractivity contribution in [2.45, 2.75) is 113 Å². The van der Waals surface area contributed by atoms with Gasteiger partial charge in [-0.15, -0.1) is 0 Å². The SMILES string of the molecule is CC(OC(=O)CCC(=O)OC1C2CC3C1OC(=O)C3C2C(=O)OC1(C2CC3CCC2C3)CCCCC1)C(F)(F)S(=O)(=O)O. The third-order valence-electron chi connectivity index (χ3n) is 11.2. The van der Waals surface area contributed by atoms with E-state index in [4.69, 9.17) is 18.8 Å². The topological polar surface area (TPSA) is 160 Å². The molecule has 0 aromatic heterocycles. The summed E-state index contributed by atoms with van der Waals surface area (Å²) in [5.74, 6) is -3.82. The van der Waals surface area contributed by atoms with Gasteiger partial charge in [0.15, 0.2) is 6.10 Å². The van der Waals surface area contributed by atoms with Crippen molar-refractivity contribution in [3.63, 3.8) is 0 Å². The quantitative estimate of drug-likeness (QED) is 0.213. The average Bonchev–Trinajstić information content (AvgIpc) is 3.75. The Bertz CT molecular complexity index is 1280. The molecule has 1 N–H and O–H groups in total. The molecule has 1 heterocycles. The summed E-state index contributed by atoms with van der Waals surface area (Å²) >= 11 is 0. The number of rotatable bonds is 10. The molecule has 0 aromatic carbocycles. The number of carbonyl (C=O) groups is 4. The molecule has 0 amide bonds. The van der Waals surface area contributed by atoms with Crippen molar-refractivity contribution in [2.75, 3.05) is 0 Å². The largest absolute Gasteiger partial charge is 0.459 e. The number of alkyl halides is 2. The molecule has 10 atom stereocenters. The number of carbonyl (C=O) groups excluding carboxylic acids is 4. The molecule has 11 nitrogen and oxygen atoms in total. The zero-order valence-electron chi connectivity index (χ0n) is 24.0. The van der Waals surface area contributed by atoms with E-state index in [-0.39, 0.29) is 5.92 Å². The second-order valence-corrected chi connectivity index (χ2v) is 15.0. The van der Waals surface area contributed by atoms with Crippen LogP contribution in [0.25, 0.3) is 0 Å². The number of fused-ring (bicyclic) bond motifs is 3. The van der Waals surface area contributed by atoms with Gasteiger partial charge >= 0.3 is 39.2 Å². The third kappa shape index (κ3) is 5.23. The molecule has 43 heavy (non-hydrogen) atoms. The summed E-state index contributed by atoms with van der Waals surface area (Å²) in [5, 5.41) is -4.73. The normalized spacial score (nSPS) is 38.0. The van der Waals surface area contributed by atoms with Crippen LogP contribution in [0.15, 0.2) is 0 Å². The molecule has 0 radical (unpaired) electrons. The van der Waals surface area contributed by atoms with Crippen LogP contribution in [-0.2, 0) is 48.2 Å².